The maximum Gasteiger partial charge on any atom is 0.416 e. The standard InChI is InChI=1S/C19H14F4N4O3/c20-12-6-10(5-11(7-12)19(21,22)23)18(29,30)16-8-13(1-3-24-16)27-15-2-4-25-17(28)14(15)9-26-27/h1,3,5-9,29-30H,2,4H2,(H,25,28). The van der Waals surface area contributed by atoms with Crippen molar-refractivity contribution >= 4 is 5.91 Å². The van der Waals surface area contributed by atoms with E-state index in [9.17, 15) is 32.6 Å². The summed E-state index contributed by atoms with van der Waals surface area (Å²) in [5, 5.41) is 27.9. The van der Waals surface area contributed by atoms with Gasteiger partial charge in [0.05, 0.1) is 28.7 Å². The highest BCUT2D eigenvalue weighted by Crippen LogP contribution is 2.34. The molecule has 1 aliphatic heterocycles. The van der Waals surface area contributed by atoms with Crippen LogP contribution in [0.25, 0.3) is 5.69 Å². The molecule has 156 valence electrons. The highest BCUT2D eigenvalue weighted by molar-refractivity contribution is 5.96. The topological polar surface area (TPSA) is 100 Å². The molecular formula is C19H14F4N4O3. The Hall–Kier alpha value is -3.31. The van der Waals surface area contributed by atoms with E-state index in [-0.39, 0.29) is 12.0 Å². The summed E-state index contributed by atoms with van der Waals surface area (Å²) in [5.41, 5.74) is -1.30. The summed E-state index contributed by atoms with van der Waals surface area (Å²) in [5.74, 6) is -4.59. The zero-order chi connectivity index (χ0) is 21.7. The highest BCUT2D eigenvalue weighted by Gasteiger charge is 2.37. The maximum absolute atomic E-state index is 13.7. The fraction of sp³-hybridized carbons (Fsp3) is 0.211. The number of amides is 1. The molecule has 11 heteroatoms. The molecule has 2 aromatic heterocycles. The van der Waals surface area contributed by atoms with Gasteiger partial charge in [-0.2, -0.15) is 18.3 Å². The minimum atomic E-state index is -4.88. The molecule has 7 nitrogen and oxygen atoms in total. The molecule has 30 heavy (non-hydrogen) atoms. The van der Waals surface area contributed by atoms with Crippen LogP contribution in [0.2, 0.25) is 0 Å². The van der Waals surface area contributed by atoms with Gasteiger partial charge < -0.3 is 15.5 Å². The quantitative estimate of drug-likeness (QED) is 0.442. The third-order valence-corrected chi connectivity index (χ3v) is 4.73. The first kappa shape index (κ1) is 20.0. The molecule has 0 aliphatic carbocycles. The number of benzene rings is 1. The van der Waals surface area contributed by atoms with Crippen molar-refractivity contribution in [3.63, 3.8) is 0 Å². The summed E-state index contributed by atoms with van der Waals surface area (Å²) in [6.45, 7) is 0.392. The lowest BCUT2D eigenvalue weighted by molar-refractivity contribution is -0.142. The van der Waals surface area contributed by atoms with Gasteiger partial charge >= 0.3 is 6.18 Å². The molecular weight excluding hydrogens is 408 g/mol. The van der Waals surface area contributed by atoms with Gasteiger partial charge in [-0.05, 0) is 30.3 Å². The third kappa shape index (κ3) is 3.42. The number of aromatic nitrogens is 3. The van der Waals surface area contributed by atoms with Gasteiger partial charge in [0.1, 0.15) is 11.5 Å². The first-order valence-electron chi connectivity index (χ1n) is 8.72. The fourth-order valence-corrected chi connectivity index (χ4v) is 3.26. The van der Waals surface area contributed by atoms with Gasteiger partial charge in [-0.1, -0.05) is 0 Å². The normalized spacial score (nSPS) is 14.4. The van der Waals surface area contributed by atoms with E-state index in [0.717, 1.165) is 0 Å². The minimum absolute atomic E-state index is 0.254. The number of alkyl halides is 3. The van der Waals surface area contributed by atoms with Crippen molar-refractivity contribution in [2.24, 2.45) is 0 Å². The Kier molecular flexibility index (Phi) is 4.59. The van der Waals surface area contributed by atoms with Crippen LogP contribution in [0.3, 0.4) is 0 Å². The summed E-state index contributed by atoms with van der Waals surface area (Å²) in [6, 6.07) is 3.95. The summed E-state index contributed by atoms with van der Waals surface area (Å²) in [6.07, 6.45) is -1.85. The zero-order valence-corrected chi connectivity index (χ0v) is 15.1. The third-order valence-electron chi connectivity index (χ3n) is 4.73. The SMILES string of the molecule is O=C1NCCc2c1cnn2-c1ccnc(C(O)(O)c2cc(F)cc(C(F)(F)F)c2)c1. The molecule has 0 spiro atoms. The molecule has 1 amide bonds. The Morgan fingerprint density at radius 3 is 2.57 bits per heavy atom. The van der Waals surface area contributed by atoms with Gasteiger partial charge in [-0.3, -0.25) is 9.78 Å². The molecule has 0 saturated carbocycles. The summed E-state index contributed by atoms with van der Waals surface area (Å²) >= 11 is 0. The monoisotopic (exact) mass is 422 g/mol. The van der Waals surface area contributed by atoms with Crippen LogP contribution in [0.4, 0.5) is 17.6 Å². The number of aliphatic hydroxyl groups is 2. The number of carbonyl (C=O) groups excluding carboxylic acids is 1. The minimum Gasteiger partial charge on any atom is -0.357 e. The van der Waals surface area contributed by atoms with Crippen LogP contribution in [0.5, 0.6) is 0 Å². The number of nitrogens with zero attached hydrogens (tertiary/aromatic N) is 3. The Labute approximate surface area is 166 Å². The molecule has 3 heterocycles. The maximum atomic E-state index is 13.7. The highest BCUT2D eigenvalue weighted by atomic mass is 19.4. The molecule has 3 aromatic rings. The van der Waals surface area contributed by atoms with Crippen molar-refractivity contribution in [1.82, 2.24) is 20.1 Å². The molecule has 0 atom stereocenters. The Morgan fingerprint density at radius 2 is 1.83 bits per heavy atom. The fourth-order valence-electron chi connectivity index (χ4n) is 3.26. The van der Waals surface area contributed by atoms with Crippen LogP contribution in [0, 0.1) is 5.82 Å². The molecule has 0 bridgehead atoms. The largest absolute Gasteiger partial charge is 0.416 e. The van der Waals surface area contributed by atoms with Crippen molar-refractivity contribution in [2.45, 2.75) is 18.4 Å². The van der Waals surface area contributed by atoms with Gasteiger partial charge in [-0.15, -0.1) is 0 Å². The molecule has 0 saturated heterocycles. The van der Waals surface area contributed by atoms with Gasteiger partial charge in [0.25, 0.3) is 5.91 Å². The number of fused-ring (bicyclic) bond motifs is 1. The Bertz CT molecular complexity index is 1140. The lowest BCUT2D eigenvalue weighted by Crippen LogP contribution is -2.32. The van der Waals surface area contributed by atoms with E-state index in [4.69, 9.17) is 0 Å². The van der Waals surface area contributed by atoms with Crippen molar-refractivity contribution in [1.29, 1.82) is 0 Å². The first-order chi connectivity index (χ1) is 14.1. The number of hydrogen-bond donors (Lipinski definition) is 3. The van der Waals surface area contributed by atoms with Crippen LogP contribution in [0.15, 0.2) is 42.7 Å². The van der Waals surface area contributed by atoms with E-state index in [2.05, 4.69) is 15.4 Å². The second-order valence-electron chi connectivity index (χ2n) is 6.72. The lowest BCUT2D eigenvalue weighted by Gasteiger charge is -2.23. The number of hydrogen-bond acceptors (Lipinski definition) is 5. The van der Waals surface area contributed by atoms with Crippen molar-refractivity contribution in [3.8, 4) is 5.69 Å². The van der Waals surface area contributed by atoms with E-state index >= 15 is 0 Å². The molecule has 1 aliphatic rings. The molecule has 3 N–H and O–H groups in total. The lowest BCUT2D eigenvalue weighted by atomic mass is 9.99. The van der Waals surface area contributed by atoms with Gasteiger partial charge in [0.15, 0.2) is 0 Å². The smallest absolute Gasteiger partial charge is 0.357 e. The van der Waals surface area contributed by atoms with Crippen molar-refractivity contribution in [2.75, 3.05) is 6.54 Å². The van der Waals surface area contributed by atoms with Gasteiger partial charge in [0.2, 0.25) is 5.79 Å². The van der Waals surface area contributed by atoms with E-state index in [1.165, 1.54) is 29.2 Å². The van der Waals surface area contributed by atoms with E-state index in [0.29, 0.717) is 42.0 Å². The summed E-state index contributed by atoms with van der Waals surface area (Å²) in [4.78, 5) is 15.7. The first-order valence-corrected chi connectivity index (χ1v) is 8.72. The van der Waals surface area contributed by atoms with Crippen molar-refractivity contribution in [3.05, 3.63) is 76.6 Å². The molecule has 0 radical (unpaired) electrons. The number of nitrogens with one attached hydrogen (secondary N) is 1. The summed E-state index contributed by atoms with van der Waals surface area (Å²) in [7, 11) is 0. The molecule has 4 rings (SSSR count). The molecule has 0 fully saturated rings. The van der Waals surface area contributed by atoms with Crippen LogP contribution in [-0.4, -0.2) is 37.4 Å². The molecule has 0 unspecified atom stereocenters. The summed E-state index contributed by atoms with van der Waals surface area (Å²) < 4.78 is 54.1. The van der Waals surface area contributed by atoms with E-state index in [1.54, 1.807) is 0 Å². The average Bonchev–Trinajstić information content (AvgIpc) is 3.12. The van der Waals surface area contributed by atoms with E-state index in [1.807, 2.05) is 0 Å². The number of rotatable bonds is 3. The van der Waals surface area contributed by atoms with Crippen LogP contribution in [-0.2, 0) is 18.4 Å². The van der Waals surface area contributed by atoms with E-state index < -0.39 is 34.6 Å². The predicted molar refractivity (Wildman–Crippen MR) is 94.0 cm³/mol. The van der Waals surface area contributed by atoms with Crippen molar-refractivity contribution < 1.29 is 32.6 Å². The number of pyridine rings is 1. The van der Waals surface area contributed by atoms with Crippen LogP contribution >= 0.6 is 0 Å². The second kappa shape index (κ2) is 6.89. The van der Waals surface area contributed by atoms with Gasteiger partial charge in [0, 0.05) is 24.7 Å². The van der Waals surface area contributed by atoms with Gasteiger partial charge in [-0.25, -0.2) is 9.07 Å². The van der Waals surface area contributed by atoms with Crippen LogP contribution in [0.1, 0.15) is 32.9 Å². The Morgan fingerprint density at radius 1 is 1.10 bits per heavy atom. The second-order valence-corrected chi connectivity index (χ2v) is 6.72. The number of halogens is 4. The zero-order valence-electron chi connectivity index (χ0n) is 15.1. The average molecular weight is 422 g/mol. The molecule has 1 aromatic carbocycles. The predicted octanol–water partition coefficient (Wildman–Crippen LogP) is 1.90. The number of carbonyl (C=O) groups is 1. The Balaban J connectivity index is 1.78. The van der Waals surface area contributed by atoms with Crippen LogP contribution < -0.4 is 5.32 Å².